The van der Waals surface area contributed by atoms with Gasteiger partial charge in [-0.05, 0) is 25.6 Å². The molecular formula is C19H34N2O2. The van der Waals surface area contributed by atoms with Crippen LogP contribution in [-0.2, 0) is 6.54 Å². The molecule has 0 unspecified atom stereocenters. The van der Waals surface area contributed by atoms with E-state index in [-0.39, 0.29) is 0 Å². The molecule has 0 saturated heterocycles. The predicted octanol–water partition coefficient (Wildman–Crippen LogP) is 3.70. The molecule has 0 aliphatic carbocycles. The van der Waals surface area contributed by atoms with Gasteiger partial charge in [0.15, 0.2) is 11.5 Å². The molecule has 1 aromatic carbocycles. The highest BCUT2D eigenvalue weighted by Gasteiger charge is 2.10. The summed E-state index contributed by atoms with van der Waals surface area (Å²) >= 11 is 0. The first-order chi connectivity index (χ1) is 11.3. The molecule has 23 heavy (non-hydrogen) atoms. The SMILES string of the molecule is CCCCCOc1c(CNCCN(CC)CC)cccc1OC. The molecule has 0 amide bonds. The van der Waals surface area contributed by atoms with Crippen LogP contribution in [0.4, 0.5) is 0 Å². The molecular weight excluding hydrogens is 288 g/mol. The number of unbranched alkanes of at least 4 members (excludes halogenated alkanes) is 2. The number of nitrogens with one attached hydrogen (secondary N) is 1. The van der Waals surface area contributed by atoms with Gasteiger partial charge in [0, 0.05) is 25.2 Å². The molecule has 0 bridgehead atoms. The van der Waals surface area contributed by atoms with E-state index in [1.54, 1.807) is 7.11 Å². The standard InChI is InChI=1S/C19H34N2O2/c1-5-8-9-15-23-19-17(11-10-12-18(19)22-4)16-20-13-14-21(6-2)7-3/h10-12,20H,5-9,13-16H2,1-4H3. The van der Waals surface area contributed by atoms with Gasteiger partial charge in [-0.15, -0.1) is 0 Å². The Morgan fingerprint density at radius 1 is 1.09 bits per heavy atom. The number of nitrogens with zero attached hydrogens (tertiary/aromatic N) is 1. The van der Waals surface area contributed by atoms with Gasteiger partial charge in [-0.25, -0.2) is 0 Å². The Morgan fingerprint density at radius 3 is 2.52 bits per heavy atom. The topological polar surface area (TPSA) is 33.7 Å². The van der Waals surface area contributed by atoms with Crippen molar-refractivity contribution in [3.8, 4) is 11.5 Å². The number of benzene rings is 1. The molecule has 0 saturated carbocycles. The summed E-state index contributed by atoms with van der Waals surface area (Å²) in [5.74, 6) is 1.71. The van der Waals surface area contributed by atoms with E-state index in [4.69, 9.17) is 9.47 Å². The van der Waals surface area contributed by atoms with Crippen molar-refractivity contribution in [3.63, 3.8) is 0 Å². The molecule has 1 N–H and O–H groups in total. The lowest BCUT2D eigenvalue weighted by atomic mass is 10.1. The molecule has 0 radical (unpaired) electrons. The van der Waals surface area contributed by atoms with Crippen LogP contribution < -0.4 is 14.8 Å². The zero-order valence-corrected chi connectivity index (χ0v) is 15.4. The fraction of sp³-hybridized carbons (Fsp3) is 0.684. The van der Waals surface area contributed by atoms with Crippen LogP contribution in [0.1, 0.15) is 45.6 Å². The van der Waals surface area contributed by atoms with Crippen molar-refractivity contribution in [2.75, 3.05) is 39.9 Å². The first-order valence-corrected chi connectivity index (χ1v) is 8.98. The van der Waals surface area contributed by atoms with Crippen LogP contribution in [-0.4, -0.2) is 44.8 Å². The number of rotatable bonds is 13. The second kappa shape index (κ2) is 12.2. The molecule has 1 rings (SSSR count). The van der Waals surface area contributed by atoms with Crippen molar-refractivity contribution in [1.82, 2.24) is 10.2 Å². The molecule has 0 aliphatic rings. The van der Waals surface area contributed by atoms with Crippen molar-refractivity contribution in [3.05, 3.63) is 23.8 Å². The van der Waals surface area contributed by atoms with Crippen LogP contribution in [0.3, 0.4) is 0 Å². The predicted molar refractivity (Wildman–Crippen MR) is 97.5 cm³/mol. The summed E-state index contributed by atoms with van der Waals surface area (Å²) in [7, 11) is 1.70. The number of hydrogen-bond donors (Lipinski definition) is 1. The van der Waals surface area contributed by atoms with Crippen molar-refractivity contribution >= 4 is 0 Å². The average molecular weight is 322 g/mol. The third kappa shape index (κ3) is 7.23. The maximum atomic E-state index is 6.01. The van der Waals surface area contributed by atoms with Gasteiger partial charge >= 0.3 is 0 Å². The first-order valence-electron chi connectivity index (χ1n) is 8.98. The summed E-state index contributed by atoms with van der Waals surface area (Å²) in [5, 5.41) is 3.52. The van der Waals surface area contributed by atoms with Crippen LogP contribution in [0.2, 0.25) is 0 Å². The van der Waals surface area contributed by atoms with Gasteiger partial charge in [0.1, 0.15) is 0 Å². The van der Waals surface area contributed by atoms with Gasteiger partial charge in [-0.1, -0.05) is 45.7 Å². The van der Waals surface area contributed by atoms with E-state index in [0.29, 0.717) is 0 Å². The Balaban J connectivity index is 2.55. The van der Waals surface area contributed by atoms with Crippen LogP contribution in [0.25, 0.3) is 0 Å². The fourth-order valence-corrected chi connectivity index (χ4v) is 2.55. The number of methoxy groups -OCH3 is 1. The minimum atomic E-state index is 0.751. The van der Waals surface area contributed by atoms with Gasteiger partial charge in [0.05, 0.1) is 13.7 Å². The molecule has 132 valence electrons. The molecule has 0 spiro atoms. The van der Waals surface area contributed by atoms with Crippen LogP contribution in [0.5, 0.6) is 11.5 Å². The summed E-state index contributed by atoms with van der Waals surface area (Å²) < 4.78 is 11.5. The normalized spacial score (nSPS) is 11.0. The molecule has 4 heteroatoms. The summed E-state index contributed by atoms with van der Waals surface area (Å²) in [6, 6.07) is 6.11. The van der Waals surface area contributed by atoms with Gasteiger partial charge in [-0.2, -0.15) is 0 Å². The lowest BCUT2D eigenvalue weighted by Gasteiger charge is -2.19. The highest BCUT2D eigenvalue weighted by Crippen LogP contribution is 2.31. The molecule has 0 aromatic heterocycles. The summed E-state index contributed by atoms with van der Waals surface area (Å²) in [4.78, 5) is 2.42. The molecule has 0 heterocycles. The molecule has 0 fully saturated rings. The maximum absolute atomic E-state index is 6.01. The van der Waals surface area contributed by atoms with E-state index in [1.165, 1.54) is 18.4 Å². The zero-order chi connectivity index (χ0) is 16.9. The van der Waals surface area contributed by atoms with Crippen molar-refractivity contribution in [1.29, 1.82) is 0 Å². The van der Waals surface area contributed by atoms with Gasteiger partial charge in [0.2, 0.25) is 0 Å². The second-order valence-corrected chi connectivity index (χ2v) is 5.71. The highest BCUT2D eigenvalue weighted by molar-refractivity contribution is 5.46. The summed E-state index contributed by atoms with van der Waals surface area (Å²) in [6.07, 6.45) is 3.49. The third-order valence-electron chi connectivity index (χ3n) is 4.09. The van der Waals surface area contributed by atoms with Gasteiger partial charge in [0.25, 0.3) is 0 Å². The number of ether oxygens (including phenoxy) is 2. The molecule has 0 atom stereocenters. The quantitative estimate of drug-likeness (QED) is 0.562. The molecule has 0 aliphatic heterocycles. The summed E-state index contributed by atoms with van der Waals surface area (Å²) in [6.45, 7) is 12.4. The number of para-hydroxylation sites is 1. The Kier molecular flexibility index (Phi) is 10.5. The highest BCUT2D eigenvalue weighted by atomic mass is 16.5. The monoisotopic (exact) mass is 322 g/mol. The van der Waals surface area contributed by atoms with Crippen LogP contribution >= 0.6 is 0 Å². The molecule has 4 nitrogen and oxygen atoms in total. The number of likely N-dealkylation sites (N-methyl/N-ethyl adjacent to an activating group) is 1. The first kappa shape index (κ1) is 19.8. The van der Waals surface area contributed by atoms with Crippen molar-refractivity contribution in [2.45, 2.75) is 46.6 Å². The van der Waals surface area contributed by atoms with Crippen molar-refractivity contribution < 1.29 is 9.47 Å². The zero-order valence-electron chi connectivity index (χ0n) is 15.4. The van der Waals surface area contributed by atoms with Gasteiger partial charge in [-0.3, -0.25) is 0 Å². The Labute approximate surface area is 142 Å². The Hall–Kier alpha value is -1.26. The Morgan fingerprint density at radius 2 is 1.87 bits per heavy atom. The van der Waals surface area contributed by atoms with E-state index in [0.717, 1.165) is 57.3 Å². The van der Waals surface area contributed by atoms with E-state index >= 15 is 0 Å². The number of hydrogen-bond acceptors (Lipinski definition) is 4. The van der Waals surface area contributed by atoms with E-state index in [9.17, 15) is 0 Å². The van der Waals surface area contributed by atoms with Crippen LogP contribution in [0.15, 0.2) is 18.2 Å². The van der Waals surface area contributed by atoms with E-state index in [2.05, 4.69) is 37.1 Å². The van der Waals surface area contributed by atoms with E-state index in [1.807, 2.05) is 12.1 Å². The van der Waals surface area contributed by atoms with E-state index < -0.39 is 0 Å². The van der Waals surface area contributed by atoms with Crippen LogP contribution in [0, 0.1) is 0 Å². The summed E-state index contributed by atoms with van der Waals surface area (Å²) in [5.41, 5.74) is 1.17. The largest absolute Gasteiger partial charge is 0.493 e. The maximum Gasteiger partial charge on any atom is 0.165 e. The smallest absolute Gasteiger partial charge is 0.165 e. The molecule has 1 aromatic rings. The lowest BCUT2D eigenvalue weighted by Crippen LogP contribution is -2.31. The average Bonchev–Trinajstić information content (AvgIpc) is 2.59. The Bertz CT molecular complexity index is 420. The van der Waals surface area contributed by atoms with Gasteiger partial charge < -0.3 is 19.7 Å². The third-order valence-corrected chi connectivity index (χ3v) is 4.09. The van der Waals surface area contributed by atoms with Crippen molar-refractivity contribution in [2.24, 2.45) is 0 Å². The lowest BCUT2D eigenvalue weighted by molar-refractivity contribution is 0.281. The second-order valence-electron chi connectivity index (χ2n) is 5.71. The minimum absolute atomic E-state index is 0.751. The minimum Gasteiger partial charge on any atom is -0.493 e. The fourth-order valence-electron chi connectivity index (χ4n) is 2.55.